The number of rotatable bonds is 6. The Labute approximate surface area is 180 Å². The van der Waals surface area contributed by atoms with E-state index in [1.165, 1.54) is 13.0 Å². The molecule has 2 N–H and O–H groups in total. The maximum Gasteiger partial charge on any atom is 0.248 e. The van der Waals surface area contributed by atoms with E-state index in [2.05, 4.69) is 15.7 Å². The Morgan fingerprint density at radius 2 is 1.77 bits per heavy atom. The predicted octanol–water partition coefficient (Wildman–Crippen LogP) is 4.81. The van der Waals surface area contributed by atoms with Gasteiger partial charge in [0.1, 0.15) is 0 Å². The zero-order chi connectivity index (χ0) is 21.7. The lowest BCUT2D eigenvalue weighted by Crippen LogP contribution is -2.09. The van der Waals surface area contributed by atoms with Crippen LogP contribution < -0.4 is 10.6 Å². The van der Waals surface area contributed by atoms with Gasteiger partial charge in [0.05, 0.1) is 12.2 Å². The van der Waals surface area contributed by atoms with Crippen molar-refractivity contribution < 1.29 is 9.59 Å². The van der Waals surface area contributed by atoms with Crippen LogP contribution in [0, 0.1) is 13.8 Å². The molecule has 2 aromatic carbocycles. The van der Waals surface area contributed by atoms with Crippen LogP contribution in [0.3, 0.4) is 0 Å². The number of benzene rings is 2. The van der Waals surface area contributed by atoms with E-state index in [1.807, 2.05) is 42.8 Å². The fourth-order valence-corrected chi connectivity index (χ4v) is 3.31. The van der Waals surface area contributed by atoms with Crippen molar-refractivity contribution in [2.75, 3.05) is 10.6 Å². The molecule has 7 heteroatoms. The first-order chi connectivity index (χ1) is 14.3. The highest BCUT2D eigenvalue weighted by molar-refractivity contribution is 6.31. The van der Waals surface area contributed by atoms with Crippen LogP contribution in [0.2, 0.25) is 5.02 Å². The minimum absolute atomic E-state index is 0.168. The van der Waals surface area contributed by atoms with Crippen molar-refractivity contribution in [3.63, 3.8) is 0 Å². The van der Waals surface area contributed by atoms with Crippen LogP contribution >= 0.6 is 11.6 Å². The van der Waals surface area contributed by atoms with E-state index < -0.39 is 0 Å². The fraction of sp³-hybridized carbons (Fsp3) is 0.174. The highest BCUT2D eigenvalue weighted by atomic mass is 35.5. The Morgan fingerprint density at radius 3 is 2.47 bits per heavy atom. The summed E-state index contributed by atoms with van der Waals surface area (Å²) in [6.07, 6.45) is 3.23. The smallest absolute Gasteiger partial charge is 0.248 e. The number of carbonyl (C=O) groups excluding carboxylic acids is 2. The Kier molecular flexibility index (Phi) is 6.69. The second kappa shape index (κ2) is 9.41. The van der Waals surface area contributed by atoms with Gasteiger partial charge in [-0.1, -0.05) is 35.9 Å². The predicted molar refractivity (Wildman–Crippen MR) is 121 cm³/mol. The summed E-state index contributed by atoms with van der Waals surface area (Å²) in [5.41, 5.74) is 4.87. The van der Waals surface area contributed by atoms with Gasteiger partial charge in [-0.15, -0.1) is 0 Å². The van der Waals surface area contributed by atoms with E-state index in [0.29, 0.717) is 22.9 Å². The first kappa shape index (κ1) is 21.3. The first-order valence-corrected chi connectivity index (χ1v) is 9.85. The maximum atomic E-state index is 12.4. The molecule has 0 aliphatic heterocycles. The van der Waals surface area contributed by atoms with Crippen molar-refractivity contribution in [3.05, 3.63) is 82.1 Å². The molecule has 0 spiro atoms. The van der Waals surface area contributed by atoms with E-state index in [-0.39, 0.29) is 11.8 Å². The number of hydrogen-bond donors (Lipinski definition) is 2. The zero-order valence-corrected chi connectivity index (χ0v) is 17.8. The summed E-state index contributed by atoms with van der Waals surface area (Å²) in [4.78, 5) is 23.5. The molecule has 0 saturated heterocycles. The van der Waals surface area contributed by atoms with Crippen molar-refractivity contribution in [2.24, 2.45) is 0 Å². The second-order valence-corrected chi connectivity index (χ2v) is 7.33. The molecule has 0 unspecified atom stereocenters. The van der Waals surface area contributed by atoms with Crippen molar-refractivity contribution in [1.82, 2.24) is 9.78 Å². The number of nitrogens with one attached hydrogen (secondary N) is 2. The summed E-state index contributed by atoms with van der Waals surface area (Å²) in [5, 5.41) is 10.8. The molecule has 30 heavy (non-hydrogen) atoms. The maximum absolute atomic E-state index is 12.4. The fourth-order valence-electron chi connectivity index (χ4n) is 3.11. The number of nitrogens with zero attached hydrogens (tertiary/aromatic N) is 2. The summed E-state index contributed by atoms with van der Waals surface area (Å²) in [5.74, 6) is -0.439. The Bertz CT molecular complexity index is 1120. The molecule has 0 aliphatic rings. The zero-order valence-electron chi connectivity index (χ0n) is 17.1. The second-order valence-electron chi connectivity index (χ2n) is 6.92. The minimum Gasteiger partial charge on any atom is -0.326 e. The number of carbonyl (C=O) groups is 2. The molecule has 2 amide bonds. The van der Waals surface area contributed by atoms with Crippen molar-refractivity contribution >= 4 is 40.9 Å². The average molecular weight is 423 g/mol. The third-order valence-corrected chi connectivity index (χ3v) is 4.94. The van der Waals surface area contributed by atoms with Crippen molar-refractivity contribution in [1.29, 1.82) is 0 Å². The molecular formula is C23H23ClN4O2. The van der Waals surface area contributed by atoms with Gasteiger partial charge in [-0.2, -0.15) is 5.10 Å². The molecule has 6 nitrogen and oxygen atoms in total. The van der Waals surface area contributed by atoms with Crippen LogP contribution in [-0.4, -0.2) is 21.6 Å². The quantitative estimate of drug-likeness (QED) is 0.559. The lowest BCUT2D eigenvalue weighted by Gasteiger charge is -2.07. The topological polar surface area (TPSA) is 76.0 Å². The molecule has 0 bridgehead atoms. The Hall–Kier alpha value is -3.38. The lowest BCUT2D eigenvalue weighted by molar-refractivity contribution is -0.114. The van der Waals surface area contributed by atoms with Gasteiger partial charge in [-0.05, 0) is 49.8 Å². The van der Waals surface area contributed by atoms with Crippen LogP contribution in [0.15, 0.2) is 54.6 Å². The molecule has 3 aromatic rings. The summed E-state index contributed by atoms with van der Waals surface area (Å²) in [6, 6.07) is 14.6. The van der Waals surface area contributed by atoms with E-state index in [0.717, 1.165) is 22.5 Å². The summed E-state index contributed by atoms with van der Waals surface area (Å²) >= 11 is 6.26. The van der Waals surface area contributed by atoms with Crippen molar-refractivity contribution in [2.45, 2.75) is 27.3 Å². The lowest BCUT2D eigenvalue weighted by atomic mass is 10.1. The highest BCUT2D eigenvalue weighted by Crippen LogP contribution is 2.20. The number of anilines is 2. The molecule has 0 radical (unpaired) electrons. The summed E-state index contributed by atoms with van der Waals surface area (Å²) in [6.45, 7) is 5.86. The van der Waals surface area contributed by atoms with Crippen LogP contribution in [0.4, 0.5) is 11.4 Å². The van der Waals surface area contributed by atoms with E-state index in [9.17, 15) is 9.59 Å². The van der Waals surface area contributed by atoms with Gasteiger partial charge in [-0.3, -0.25) is 14.3 Å². The van der Waals surface area contributed by atoms with E-state index in [1.54, 1.807) is 30.3 Å². The van der Waals surface area contributed by atoms with E-state index in [4.69, 9.17) is 11.6 Å². The van der Waals surface area contributed by atoms with E-state index >= 15 is 0 Å². The van der Waals surface area contributed by atoms with Gasteiger partial charge in [0.2, 0.25) is 11.8 Å². The molecule has 0 aliphatic carbocycles. The molecule has 154 valence electrons. The molecule has 1 aromatic heterocycles. The number of hydrogen-bond acceptors (Lipinski definition) is 3. The van der Waals surface area contributed by atoms with Crippen LogP contribution in [0.1, 0.15) is 29.4 Å². The van der Waals surface area contributed by atoms with Crippen molar-refractivity contribution in [3.8, 4) is 0 Å². The third-order valence-electron chi connectivity index (χ3n) is 4.57. The monoisotopic (exact) mass is 422 g/mol. The minimum atomic E-state index is -0.271. The Balaban J connectivity index is 1.71. The Morgan fingerprint density at radius 1 is 1.07 bits per heavy atom. The van der Waals surface area contributed by atoms with Gasteiger partial charge in [0.15, 0.2) is 0 Å². The third kappa shape index (κ3) is 5.36. The molecule has 0 fully saturated rings. The number of aromatic nitrogens is 2. The first-order valence-electron chi connectivity index (χ1n) is 9.47. The number of amides is 2. The number of halogens is 1. The average Bonchev–Trinajstić information content (AvgIpc) is 2.94. The molecule has 0 atom stereocenters. The van der Waals surface area contributed by atoms with Crippen LogP contribution in [0.25, 0.3) is 6.08 Å². The van der Waals surface area contributed by atoms with Crippen LogP contribution in [-0.2, 0) is 16.1 Å². The highest BCUT2D eigenvalue weighted by Gasteiger charge is 2.11. The van der Waals surface area contributed by atoms with Gasteiger partial charge in [-0.25, -0.2) is 0 Å². The van der Waals surface area contributed by atoms with Gasteiger partial charge >= 0.3 is 0 Å². The largest absolute Gasteiger partial charge is 0.326 e. The number of aryl methyl sites for hydroxylation is 1. The normalized spacial score (nSPS) is 10.9. The van der Waals surface area contributed by atoms with Crippen LogP contribution in [0.5, 0.6) is 0 Å². The molecule has 0 saturated carbocycles. The summed E-state index contributed by atoms with van der Waals surface area (Å²) in [7, 11) is 0. The summed E-state index contributed by atoms with van der Waals surface area (Å²) < 4.78 is 1.88. The molecule has 3 rings (SSSR count). The SMILES string of the molecule is CC(=O)Nc1cccc(NC(=O)/C=C/c2c(C)nn(Cc3ccccc3Cl)c2C)c1. The van der Waals surface area contributed by atoms with Gasteiger partial charge < -0.3 is 10.6 Å². The standard InChI is InChI=1S/C23H23ClN4O2/c1-15-21(16(2)28(27-15)14-18-7-4-5-10-22(18)24)11-12-23(30)26-20-9-6-8-19(13-20)25-17(3)29/h4-13H,14H2,1-3H3,(H,25,29)(H,26,30)/b12-11+. The molecule has 1 heterocycles. The van der Waals surface area contributed by atoms with Gasteiger partial charge in [0, 0.05) is 40.7 Å². The molecular weight excluding hydrogens is 400 g/mol. The van der Waals surface area contributed by atoms with Gasteiger partial charge in [0.25, 0.3) is 0 Å².